The molecule has 3 nitrogen and oxygen atoms in total. The molecule has 4 heteroatoms. The summed E-state index contributed by atoms with van der Waals surface area (Å²) in [6.45, 7) is 2.83. The molecule has 20 heavy (non-hydrogen) atoms. The molecule has 104 valence electrons. The Hall–Kier alpha value is -1.68. The lowest BCUT2D eigenvalue weighted by molar-refractivity contribution is 0.288. The van der Waals surface area contributed by atoms with Crippen LogP contribution in [0.3, 0.4) is 0 Å². The number of nitrogens with zero attached hydrogens (tertiary/aromatic N) is 1. The Labute approximate surface area is 123 Å². The second-order valence-electron chi connectivity index (χ2n) is 5.17. The van der Waals surface area contributed by atoms with Gasteiger partial charge in [-0.05, 0) is 49.4 Å². The number of benzene rings is 1. The number of ether oxygens (including phenoxy) is 1. The Morgan fingerprint density at radius 3 is 2.80 bits per heavy atom. The first-order chi connectivity index (χ1) is 9.72. The molecule has 1 saturated carbocycles. The maximum Gasteiger partial charge on any atom is 0.238 e. The van der Waals surface area contributed by atoms with E-state index in [1.807, 2.05) is 24.3 Å². The molecule has 2 aromatic rings. The van der Waals surface area contributed by atoms with Gasteiger partial charge in [0.15, 0.2) is 0 Å². The minimum atomic E-state index is 0.565. The minimum absolute atomic E-state index is 0.565. The van der Waals surface area contributed by atoms with Crippen LogP contribution in [0.2, 0.25) is 0 Å². The Morgan fingerprint density at radius 1 is 1.25 bits per heavy atom. The summed E-state index contributed by atoms with van der Waals surface area (Å²) in [5.74, 6) is 1.26. The van der Waals surface area contributed by atoms with Gasteiger partial charge < -0.3 is 10.5 Å². The molecular formula is C16H18N2OS. The number of nitrogens with two attached hydrogens (primary N) is 1. The number of rotatable bonds is 5. The van der Waals surface area contributed by atoms with Crippen LogP contribution in [0.5, 0.6) is 5.88 Å². The zero-order chi connectivity index (χ0) is 13.9. The number of hydrogen-bond acceptors (Lipinski definition) is 4. The quantitative estimate of drug-likeness (QED) is 0.905. The van der Waals surface area contributed by atoms with Crippen LogP contribution in [0, 0.1) is 12.8 Å². The Bertz CT molecular complexity index is 611. The van der Waals surface area contributed by atoms with Gasteiger partial charge in [0.1, 0.15) is 5.03 Å². The highest BCUT2D eigenvalue weighted by Crippen LogP contribution is 2.33. The van der Waals surface area contributed by atoms with E-state index in [1.165, 1.54) is 23.3 Å². The monoisotopic (exact) mass is 286 g/mol. The van der Waals surface area contributed by atoms with Crippen molar-refractivity contribution in [3.8, 4) is 5.88 Å². The molecule has 1 heterocycles. The number of aromatic nitrogens is 1. The van der Waals surface area contributed by atoms with Gasteiger partial charge in [-0.15, -0.1) is 0 Å². The molecule has 0 spiro atoms. The molecule has 1 aromatic carbocycles. The minimum Gasteiger partial charge on any atom is -0.476 e. The molecule has 0 atom stereocenters. The van der Waals surface area contributed by atoms with Crippen LogP contribution in [0.1, 0.15) is 18.4 Å². The zero-order valence-corrected chi connectivity index (χ0v) is 12.3. The molecule has 0 unspecified atom stereocenters. The first kappa shape index (κ1) is 13.3. The van der Waals surface area contributed by atoms with Gasteiger partial charge in [-0.2, -0.15) is 0 Å². The number of anilines is 1. The number of hydrogen-bond donors (Lipinski definition) is 1. The van der Waals surface area contributed by atoms with Crippen molar-refractivity contribution < 1.29 is 4.74 Å². The highest BCUT2D eigenvalue weighted by atomic mass is 32.2. The summed E-state index contributed by atoms with van der Waals surface area (Å²) in [6.07, 6.45) is 2.52. The van der Waals surface area contributed by atoms with Gasteiger partial charge in [-0.1, -0.05) is 30.0 Å². The van der Waals surface area contributed by atoms with Gasteiger partial charge in [-0.3, -0.25) is 0 Å². The third-order valence-corrected chi connectivity index (χ3v) is 4.44. The summed E-state index contributed by atoms with van der Waals surface area (Å²) in [6, 6.07) is 12.1. The van der Waals surface area contributed by atoms with Crippen LogP contribution in [0.25, 0.3) is 0 Å². The van der Waals surface area contributed by atoms with Crippen LogP contribution in [0.4, 0.5) is 5.69 Å². The summed E-state index contributed by atoms with van der Waals surface area (Å²) < 4.78 is 5.72. The summed E-state index contributed by atoms with van der Waals surface area (Å²) in [5.41, 5.74) is 7.78. The van der Waals surface area contributed by atoms with Crippen molar-refractivity contribution in [1.29, 1.82) is 0 Å². The van der Waals surface area contributed by atoms with Gasteiger partial charge in [0, 0.05) is 4.90 Å². The maximum atomic E-state index is 5.92. The van der Waals surface area contributed by atoms with Crippen molar-refractivity contribution in [2.24, 2.45) is 5.92 Å². The maximum absolute atomic E-state index is 5.92. The van der Waals surface area contributed by atoms with Crippen molar-refractivity contribution in [1.82, 2.24) is 4.98 Å². The van der Waals surface area contributed by atoms with Crippen molar-refractivity contribution in [2.45, 2.75) is 29.7 Å². The van der Waals surface area contributed by atoms with E-state index >= 15 is 0 Å². The van der Waals surface area contributed by atoms with E-state index in [0.29, 0.717) is 17.5 Å². The molecule has 1 aromatic heterocycles. The summed E-state index contributed by atoms with van der Waals surface area (Å²) in [5, 5.41) is 0.916. The van der Waals surface area contributed by atoms with Crippen LogP contribution >= 0.6 is 11.8 Å². The second kappa shape index (κ2) is 5.75. The number of nitrogen functional groups attached to an aromatic ring is 1. The third-order valence-electron chi connectivity index (χ3n) is 3.32. The van der Waals surface area contributed by atoms with E-state index in [2.05, 4.69) is 24.0 Å². The average Bonchev–Trinajstić information content (AvgIpc) is 3.26. The van der Waals surface area contributed by atoms with Crippen LogP contribution < -0.4 is 10.5 Å². The van der Waals surface area contributed by atoms with Crippen molar-refractivity contribution in [3.63, 3.8) is 0 Å². The fourth-order valence-electron chi connectivity index (χ4n) is 1.87. The molecule has 0 amide bonds. The summed E-state index contributed by atoms with van der Waals surface area (Å²) in [7, 11) is 0. The highest BCUT2D eigenvalue weighted by molar-refractivity contribution is 7.99. The van der Waals surface area contributed by atoms with E-state index in [0.717, 1.165) is 11.6 Å². The second-order valence-corrected chi connectivity index (χ2v) is 6.23. The lowest BCUT2D eigenvalue weighted by Crippen LogP contribution is -2.04. The SMILES string of the molecule is Cc1ccccc1Sc1ccc(N)c(OCC2CC2)n1. The molecule has 0 radical (unpaired) electrons. The third kappa shape index (κ3) is 3.25. The van der Waals surface area contributed by atoms with E-state index in [9.17, 15) is 0 Å². The molecule has 0 saturated heterocycles. The predicted molar refractivity (Wildman–Crippen MR) is 82.2 cm³/mol. The first-order valence-corrected chi connectivity index (χ1v) is 7.67. The Kier molecular flexibility index (Phi) is 3.83. The van der Waals surface area contributed by atoms with Crippen LogP contribution in [0.15, 0.2) is 46.3 Å². The lowest BCUT2D eigenvalue weighted by atomic mass is 10.2. The number of pyridine rings is 1. The highest BCUT2D eigenvalue weighted by Gasteiger charge is 2.22. The topological polar surface area (TPSA) is 48.1 Å². The smallest absolute Gasteiger partial charge is 0.238 e. The Morgan fingerprint density at radius 2 is 2.05 bits per heavy atom. The molecule has 1 fully saturated rings. The standard InChI is InChI=1S/C16H18N2OS/c1-11-4-2-3-5-14(11)20-15-9-8-13(17)16(18-15)19-10-12-6-7-12/h2-5,8-9,12H,6-7,10,17H2,1H3. The normalized spacial score (nSPS) is 14.2. The van der Waals surface area contributed by atoms with Crippen LogP contribution in [-0.4, -0.2) is 11.6 Å². The van der Waals surface area contributed by atoms with Gasteiger partial charge in [0.05, 0.1) is 12.3 Å². The molecule has 1 aliphatic carbocycles. The molecule has 1 aliphatic rings. The molecule has 2 N–H and O–H groups in total. The fourth-order valence-corrected chi connectivity index (χ4v) is 2.74. The van der Waals surface area contributed by atoms with Gasteiger partial charge >= 0.3 is 0 Å². The molecule has 0 aliphatic heterocycles. The summed E-state index contributed by atoms with van der Waals surface area (Å²) >= 11 is 1.64. The van der Waals surface area contributed by atoms with Gasteiger partial charge in [-0.25, -0.2) is 4.98 Å². The molecular weight excluding hydrogens is 268 g/mol. The van der Waals surface area contributed by atoms with E-state index in [1.54, 1.807) is 11.8 Å². The van der Waals surface area contributed by atoms with Crippen molar-refractivity contribution in [3.05, 3.63) is 42.0 Å². The largest absolute Gasteiger partial charge is 0.476 e. The Balaban J connectivity index is 1.75. The van der Waals surface area contributed by atoms with E-state index in [-0.39, 0.29) is 0 Å². The zero-order valence-electron chi connectivity index (χ0n) is 11.5. The van der Waals surface area contributed by atoms with Crippen molar-refractivity contribution >= 4 is 17.4 Å². The summed E-state index contributed by atoms with van der Waals surface area (Å²) in [4.78, 5) is 5.73. The van der Waals surface area contributed by atoms with Crippen molar-refractivity contribution in [2.75, 3.05) is 12.3 Å². The predicted octanol–water partition coefficient (Wildman–Crippen LogP) is 3.91. The average molecular weight is 286 g/mol. The number of aryl methyl sites for hydroxylation is 1. The molecule has 0 bridgehead atoms. The first-order valence-electron chi connectivity index (χ1n) is 6.85. The van der Waals surface area contributed by atoms with E-state index < -0.39 is 0 Å². The van der Waals surface area contributed by atoms with Crippen LogP contribution in [-0.2, 0) is 0 Å². The van der Waals surface area contributed by atoms with Gasteiger partial charge in [0.25, 0.3) is 0 Å². The van der Waals surface area contributed by atoms with Gasteiger partial charge in [0.2, 0.25) is 5.88 Å². The molecule has 3 rings (SSSR count). The lowest BCUT2D eigenvalue weighted by Gasteiger charge is -2.09. The fraction of sp³-hybridized carbons (Fsp3) is 0.312. The van der Waals surface area contributed by atoms with E-state index in [4.69, 9.17) is 10.5 Å².